The van der Waals surface area contributed by atoms with Gasteiger partial charge in [0, 0.05) is 32.7 Å². The molecule has 5 heteroatoms. The van der Waals surface area contributed by atoms with Crippen molar-refractivity contribution in [2.45, 2.75) is 13.8 Å². The largest absolute Gasteiger partial charge is 0.319 e. The highest BCUT2D eigenvalue weighted by molar-refractivity contribution is 9.10. The van der Waals surface area contributed by atoms with Crippen molar-refractivity contribution in [3.05, 3.63) is 87.7 Å². The van der Waals surface area contributed by atoms with Gasteiger partial charge in [0.25, 0.3) is 5.91 Å². The van der Waals surface area contributed by atoms with Crippen molar-refractivity contribution in [1.29, 1.82) is 0 Å². The Morgan fingerprint density at radius 1 is 1.00 bits per heavy atom. The van der Waals surface area contributed by atoms with Crippen molar-refractivity contribution in [2.75, 3.05) is 0 Å². The van der Waals surface area contributed by atoms with Crippen LogP contribution in [0.5, 0.6) is 0 Å². The molecule has 1 N–H and O–H groups in total. The normalized spacial score (nSPS) is 11.0. The Balaban J connectivity index is 1.70. The third-order valence-electron chi connectivity index (χ3n) is 3.93. The number of aryl methyl sites for hydroxylation is 2. The summed E-state index contributed by atoms with van der Waals surface area (Å²) in [5, 5.41) is 4.02. The minimum Gasteiger partial charge on any atom is -0.319 e. The first-order valence-electron chi connectivity index (χ1n) is 7.89. The predicted molar refractivity (Wildman–Crippen MR) is 104 cm³/mol. The van der Waals surface area contributed by atoms with Crippen LogP contribution in [0.25, 0.3) is 5.69 Å². The molecule has 0 fully saturated rings. The number of aromatic nitrogens is 1. The molecule has 0 radical (unpaired) electrons. The summed E-state index contributed by atoms with van der Waals surface area (Å²) in [6.07, 6.45) is 1.61. The first kappa shape index (κ1) is 17.2. The Bertz CT molecular complexity index is 907. The molecule has 0 saturated carbocycles. The lowest BCUT2D eigenvalue weighted by Crippen LogP contribution is -2.17. The molecule has 25 heavy (non-hydrogen) atoms. The summed E-state index contributed by atoms with van der Waals surface area (Å²) in [6, 6.07) is 19.3. The van der Waals surface area contributed by atoms with Crippen molar-refractivity contribution in [1.82, 2.24) is 9.99 Å². The van der Waals surface area contributed by atoms with Gasteiger partial charge in [0.2, 0.25) is 0 Å². The highest BCUT2D eigenvalue weighted by Gasteiger charge is 2.07. The van der Waals surface area contributed by atoms with E-state index < -0.39 is 0 Å². The van der Waals surface area contributed by atoms with Crippen LogP contribution in [0, 0.1) is 13.8 Å². The summed E-state index contributed by atoms with van der Waals surface area (Å²) < 4.78 is 3.07. The molecule has 2 aromatic carbocycles. The van der Waals surface area contributed by atoms with Crippen molar-refractivity contribution < 1.29 is 4.79 Å². The van der Waals surface area contributed by atoms with E-state index in [1.54, 1.807) is 18.3 Å². The molecule has 0 unspecified atom stereocenters. The van der Waals surface area contributed by atoms with E-state index in [1.165, 1.54) is 0 Å². The molecule has 3 aromatic rings. The van der Waals surface area contributed by atoms with Crippen LogP contribution < -0.4 is 5.43 Å². The minimum atomic E-state index is -0.240. The van der Waals surface area contributed by atoms with Gasteiger partial charge in [0.05, 0.1) is 6.21 Å². The average Bonchev–Trinajstić information content (AvgIpc) is 2.95. The SMILES string of the molecule is Cc1ccc(C)n1-c1ccc(C(=O)NN=Cc2ccccc2Br)cc1. The van der Waals surface area contributed by atoms with Crippen molar-refractivity contribution in [2.24, 2.45) is 5.10 Å². The Hall–Kier alpha value is -2.66. The number of amides is 1. The van der Waals surface area contributed by atoms with E-state index in [1.807, 2.05) is 36.4 Å². The first-order chi connectivity index (χ1) is 12.1. The summed E-state index contributed by atoms with van der Waals surface area (Å²) in [5.74, 6) is -0.240. The van der Waals surface area contributed by atoms with E-state index in [0.29, 0.717) is 5.56 Å². The zero-order valence-corrected chi connectivity index (χ0v) is 15.6. The molecule has 0 aliphatic rings. The van der Waals surface area contributed by atoms with Gasteiger partial charge < -0.3 is 4.57 Å². The zero-order valence-electron chi connectivity index (χ0n) is 14.0. The molecule has 0 bridgehead atoms. The van der Waals surface area contributed by atoms with Gasteiger partial charge in [-0.3, -0.25) is 4.79 Å². The molecule has 4 nitrogen and oxygen atoms in total. The molecule has 0 aliphatic carbocycles. The molecule has 3 rings (SSSR count). The Labute approximate surface area is 155 Å². The number of carbonyl (C=O) groups excluding carboxylic acids is 1. The summed E-state index contributed by atoms with van der Waals surface area (Å²) in [6.45, 7) is 4.12. The first-order valence-corrected chi connectivity index (χ1v) is 8.69. The molecular formula is C20H18BrN3O. The Morgan fingerprint density at radius 3 is 2.28 bits per heavy atom. The molecule has 1 amide bonds. The van der Waals surface area contributed by atoms with E-state index in [0.717, 1.165) is 27.1 Å². The molecule has 0 atom stereocenters. The lowest BCUT2D eigenvalue weighted by atomic mass is 10.2. The van der Waals surface area contributed by atoms with E-state index in [-0.39, 0.29) is 5.91 Å². The molecule has 1 aromatic heterocycles. The number of nitrogens with zero attached hydrogens (tertiary/aromatic N) is 2. The van der Waals surface area contributed by atoms with E-state index in [4.69, 9.17) is 0 Å². The summed E-state index contributed by atoms with van der Waals surface area (Å²) >= 11 is 3.44. The third kappa shape index (κ3) is 3.88. The highest BCUT2D eigenvalue weighted by atomic mass is 79.9. The number of rotatable bonds is 4. The van der Waals surface area contributed by atoms with E-state index in [2.05, 4.69) is 57.0 Å². The van der Waals surface area contributed by atoms with Crippen molar-refractivity contribution in [3.63, 3.8) is 0 Å². The maximum Gasteiger partial charge on any atom is 0.271 e. The molecule has 126 valence electrons. The maximum absolute atomic E-state index is 12.2. The number of halogens is 1. The zero-order chi connectivity index (χ0) is 17.8. The molecule has 1 heterocycles. The van der Waals surface area contributed by atoms with Gasteiger partial charge in [-0.2, -0.15) is 5.10 Å². The fraction of sp³-hybridized carbons (Fsp3) is 0.100. The lowest BCUT2D eigenvalue weighted by molar-refractivity contribution is 0.0955. The standard InChI is InChI=1S/C20H18BrN3O/c1-14-7-8-15(2)24(14)18-11-9-16(10-12-18)20(25)23-22-13-17-5-3-4-6-19(17)21/h3-13H,1-2H3,(H,23,25). The highest BCUT2D eigenvalue weighted by Crippen LogP contribution is 2.17. The molecule has 0 spiro atoms. The predicted octanol–water partition coefficient (Wildman–Crippen LogP) is 4.62. The van der Waals surface area contributed by atoms with Gasteiger partial charge in [0.1, 0.15) is 0 Å². The topological polar surface area (TPSA) is 46.4 Å². The van der Waals surface area contributed by atoms with Crippen LogP contribution in [0.2, 0.25) is 0 Å². The third-order valence-corrected chi connectivity index (χ3v) is 4.66. The number of hydrogen-bond acceptors (Lipinski definition) is 2. The minimum absolute atomic E-state index is 0.240. The monoisotopic (exact) mass is 395 g/mol. The molecule has 0 aliphatic heterocycles. The van der Waals surface area contributed by atoms with Crippen LogP contribution >= 0.6 is 15.9 Å². The summed E-state index contributed by atoms with van der Waals surface area (Å²) in [4.78, 5) is 12.2. The van der Waals surface area contributed by atoms with Gasteiger partial charge >= 0.3 is 0 Å². The fourth-order valence-corrected chi connectivity index (χ4v) is 3.03. The summed E-state index contributed by atoms with van der Waals surface area (Å²) in [7, 11) is 0. The number of nitrogens with one attached hydrogen (secondary N) is 1. The van der Waals surface area contributed by atoms with Crippen LogP contribution in [0.15, 0.2) is 70.2 Å². The van der Waals surface area contributed by atoms with Gasteiger partial charge in [-0.1, -0.05) is 34.1 Å². The number of benzene rings is 2. The van der Waals surface area contributed by atoms with Crippen molar-refractivity contribution >= 4 is 28.1 Å². The van der Waals surface area contributed by atoms with Gasteiger partial charge in [-0.15, -0.1) is 0 Å². The molecular weight excluding hydrogens is 378 g/mol. The van der Waals surface area contributed by atoms with Crippen LogP contribution in [0.1, 0.15) is 27.3 Å². The van der Waals surface area contributed by atoms with Crippen LogP contribution in [-0.4, -0.2) is 16.7 Å². The van der Waals surface area contributed by atoms with Crippen LogP contribution in [-0.2, 0) is 0 Å². The average molecular weight is 396 g/mol. The van der Waals surface area contributed by atoms with Gasteiger partial charge in [-0.25, -0.2) is 5.43 Å². The lowest BCUT2D eigenvalue weighted by Gasteiger charge is -2.10. The van der Waals surface area contributed by atoms with Gasteiger partial charge in [-0.05, 0) is 56.3 Å². The van der Waals surface area contributed by atoms with E-state index in [9.17, 15) is 4.79 Å². The quantitative estimate of drug-likeness (QED) is 0.508. The van der Waals surface area contributed by atoms with E-state index >= 15 is 0 Å². The second-order valence-corrected chi connectivity index (χ2v) is 6.57. The van der Waals surface area contributed by atoms with Gasteiger partial charge in [0.15, 0.2) is 0 Å². The number of hydrazone groups is 1. The number of hydrogen-bond donors (Lipinski definition) is 1. The van der Waals surface area contributed by atoms with Crippen LogP contribution in [0.4, 0.5) is 0 Å². The smallest absolute Gasteiger partial charge is 0.271 e. The van der Waals surface area contributed by atoms with Crippen molar-refractivity contribution in [3.8, 4) is 5.69 Å². The Kier molecular flexibility index (Phi) is 5.14. The summed E-state index contributed by atoms with van der Waals surface area (Å²) in [5.41, 5.74) is 7.37. The Morgan fingerprint density at radius 2 is 1.64 bits per heavy atom. The maximum atomic E-state index is 12.2. The fourth-order valence-electron chi connectivity index (χ4n) is 2.64. The second kappa shape index (κ2) is 7.49. The second-order valence-electron chi connectivity index (χ2n) is 5.72. The number of carbonyl (C=O) groups is 1. The van der Waals surface area contributed by atoms with Crippen LogP contribution in [0.3, 0.4) is 0 Å². The molecule has 0 saturated heterocycles.